The van der Waals surface area contributed by atoms with Gasteiger partial charge >= 0.3 is 5.97 Å². The minimum Gasteiger partial charge on any atom is -0.453 e. The fourth-order valence-electron chi connectivity index (χ4n) is 1.87. The first kappa shape index (κ1) is 14.7. The van der Waals surface area contributed by atoms with E-state index in [1.807, 2.05) is 13.8 Å². The molecule has 0 amide bonds. The maximum atomic E-state index is 12.1. The number of hydrogen-bond acceptors (Lipinski definition) is 6. The van der Waals surface area contributed by atoms with E-state index in [-0.39, 0.29) is 12.2 Å². The molecule has 0 aliphatic heterocycles. The molecule has 0 bridgehead atoms. The Bertz CT molecular complexity index is 704. The van der Waals surface area contributed by atoms with Crippen molar-refractivity contribution in [2.45, 2.75) is 26.9 Å². The van der Waals surface area contributed by atoms with Crippen LogP contribution in [-0.2, 0) is 14.3 Å². The predicted octanol–water partition coefficient (Wildman–Crippen LogP) is 1.85. The second-order valence-electron chi connectivity index (χ2n) is 4.48. The van der Waals surface area contributed by atoms with Crippen LogP contribution in [0.3, 0.4) is 0 Å². The number of rotatable bonds is 4. The molecule has 0 unspecified atom stereocenters. The van der Waals surface area contributed by atoms with Crippen molar-refractivity contribution < 1.29 is 14.3 Å². The molecule has 1 atom stereocenters. The Kier molecular flexibility index (Phi) is 4.20. The molecule has 0 aliphatic carbocycles. The number of ether oxygens (including phenoxy) is 2. The summed E-state index contributed by atoms with van der Waals surface area (Å²) in [5.74, 6) is -0.158. The van der Waals surface area contributed by atoms with Crippen LogP contribution in [0.15, 0.2) is 4.79 Å². The Balaban J connectivity index is 2.36. The molecule has 0 radical (unpaired) electrons. The molecule has 6 nitrogen and oxygen atoms in total. The smallest absolute Gasteiger partial charge is 0.332 e. The highest BCUT2D eigenvalue weighted by Gasteiger charge is 2.17. The third kappa shape index (κ3) is 2.73. The summed E-state index contributed by atoms with van der Waals surface area (Å²) in [7, 11) is 1.41. The van der Waals surface area contributed by atoms with Crippen molar-refractivity contribution >= 4 is 27.5 Å². The molecule has 7 heteroatoms. The van der Waals surface area contributed by atoms with E-state index in [1.54, 1.807) is 6.92 Å². The second kappa shape index (κ2) is 5.72. The molecule has 0 saturated heterocycles. The molecule has 20 heavy (non-hydrogen) atoms. The summed E-state index contributed by atoms with van der Waals surface area (Å²) < 4.78 is 9.81. The fraction of sp³-hybridized carbons (Fsp3) is 0.462. The molecule has 2 heterocycles. The number of nitrogens with zero attached hydrogens (tertiary/aromatic N) is 1. The lowest BCUT2D eigenvalue weighted by Gasteiger charge is -2.12. The van der Waals surface area contributed by atoms with Crippen LogP contribution in [0, 0.1) is 13.8 Å². The quantitative estimate of drug-likeness (QED) is 0.871. The van der Waals surface area contributed by atoms with Gasteiger partial charge in [0.05, 0.1) is 5.39 Å². The minimum absolute atomic E-state index is 0.131. The largest absolute Gasteiger partial charge is 0.453 e. The maximum Gasteiger partial charge on any atom is 0.332 e. The van der Waals surface area contributed by atoms with Crippen LogP contribution in [-0.4, -0.2) is 29.7 Å². The van der Waals surface area contributed by atoms with Gasteiger partial charge in [0.1, 0.15) is 11.4 Å². The molecule has 0 aromatic carbocycles. The highest BCUT2D eigenvalue weighted by Crippen LogP contribution is 2.26. The van der Waals surface area contributed by atoms with E-state index in [1.165, 1.54) is 18.4 Å². The molecule has 2 aromatic heterocycles. The zero-order chi connectivity index (χ0) is 14.9. The lowest BCUT2D eigenvalue weighted by atomic mass is 10.2. The van der Waals surface area contributed by atoms with E-state index < -0.39 is 12.1 Å². The van der Waals surface area contributed by atoms with Crippen molar-refractivity contribution in [2.75, 3.05) is 13.7 Å². The SMILES string of the molecule is COCC(=O)O[C@H](C)c1nc2sc(C)c(C)c2c(=O)[nH]1. The Labute approximate surface area is 119 Å². The number of aryl methyl sites for hydroxylation is 2. The van der Waals surface area contributed by atoms with Gasteiger partial charge in [0.25, 0.3) is 5.56 Å². The van der Waals surface area contributed by atoms with Crippen LogP contribution in [0.2, 0.25) is 0 Å². The summed E-state index contributed by atoms with van der Waals surface area (Å²) >= 11 is 1.46. The van der Waals surface area contributed by atoms with Crippen molar-refractivity contribution in [2.24, 2.45) is 0 Å². The van der Waals surface area contributed by atoms with Gasteiger partial charge in [0, 0.05) is 12.0 Å². The zero-order valence-electron chi connectivity index (χ0n) is 11.8. The first-order valence-corrected chi connectivity index (χ1v) is 6.94. The lowest BCUT2D eigenvalue weighted by Crippen LogP contribution is -2.19. The van der Waals surface area contributed by atoms with Crippen LogP contribution < -0.4 is 5.56 Å². The molecule has 1 N–H and O–H groups in total. The molecule has 108 valence electrons. The van der Waals surface area contributed by atoms with Crippen molar-refractivity contribution in [3.63, 3.8) is 0 Å². The van der Waals surface area contributed by atoms with Crippen LogP contribution in [0.4, 0.5) is 0 Å². The van der Waals surface area contributed by atoms with E-state index in [4.69, 9.17) is 4.74 Å². The van der Waals surface area contributed by atoms with Gasteiger partial charge in [0.15, 0.2) is 11.9 Å². The van der Waals surface area contributed by atoms with Crippen molar-refractivity contribution in [1.82, 2.24) is 9.97 Å². The van der Waals surface area contributed by atoms with E-state index in [9.17, 15) is 9.59 Å². The number of hydrogen-bond donors (Lipinski definition) is 1. The van der Waals surface area contributed by atoms with E-state index >= 15 is 0 Å². The number of nitrogens with one attached hydrogen (secondary N) is 1. The highest BCUT2D eigenvalue weighted by molar-refractivity contribution is 7.18. The molecular formula is C13H16N2O4S. The summed E-state index contributed by atoms with van der Waals surface area (Å²) in [6.07, 6.45) is -0.627. The van der Waals surface area contributed by atoms with Gasteiger partial charge in [-0.25, -0.2) is 9.78 Å². The van der Waals surface area contributed by atoms with Crippen molar-refractivity contribution in [1.29, 1.82) is 0 Å². The summed E-state index contributed by atoms with van der Waals surface area (Å²) in [5.41, 5.74) is 0.732. The van der Waals surface area contributed by atoms with Gasteiger partial charge in [-0.05, 0) is 26.3 Å². The Morgan fingerprint density at radius 3 is 2.80 bits per heavy atom. The number of fused-ring (bicyclic) bond motifs is 1. The molecule has 2 aromatic rings. The highest BCUT2D eigenvalue weighted by atomic mass is 32.1. The van der Waals surface area contributed by atoms with E-state index in [2.05, 4.69) is 14.7 Å². The number of methoxy groups -OCH3 is 1. The number of aromatic nitrogens is 2. The number of carbonyl (C=O) groups is 1. The minimum atomic E-state index is -0.627. The average molecular weight is 296 g/mol. The van der Waals surface area contributed by atoms with Crippen molar-refractivity contribution in [3.05, 3.63) is 26.6 Å². The second-order valence-corrected chi connectivity index (χ2v) is 5.68. The predicted molar refractivity (Wildman–Crippen MR) is 76.1 cm³/mol. The lowest BCUT2D eigenvalue weighted by molar-refractivity contribution is -0.153. The van der Waals surface area contributed by atoms with Gasteiger partial charge in [-0.3, -0.25) is 4.79 Å². The van der Waals surface area contributed by atoms with Crippen LogP contribution in [0.5, 0.6) is 0 Å². The normalized spacial score (nSPS) is 12.6. The maximum absolute atomic E-state index is 12.1. The monoisotopic (exact) mass is 296 g/mol. The first-order chi connectivity index (χ1) is 9.43. The average Bonchev–Trinajstić information content (AvgIpc) is 2.65. The number of H-pyrrole nitrogens is 1. The van der Waals surface area contributed by atoms with Crippen LogP contribution in [0.1, 0.15) is 29.3 Å². The number of thiophene rings is 1. The van der Waals surface area contributed by atoms with E-state index in [0.29, 0.717) is 16.0 Å². The molecule has 0 saturated carbocycles. The van der Waals surface area contributed by atoms with Crippen LogP contribution >= 0.6 is 11.3 Å². The van der Waals surface area contributed by atoms with E-state index in [0.717, 1.165) is 10.4 Å². The third-order valence-corrected chi connectivity index (χ3v) is 4.11. The summed E-state index contributed by atoms with van der Waals surface area (Å²) in [5, 5.41) is 0.603. The van der Waals surface area contributed by atoms with Gasteiger partial charge in [0.2, 0.25) is 0 Å². The molecule has 2 rings (SSSR count). The van der Waals surface area contributed by atoms with Gasteiger partial charge < -0.3 is 14.5 Å². The zero-order valence-corrected chi connectivity index (χ0v) is 12.6. The fourth-order valence-corrected chi connectivity index (χ4v) is 2.91. The van der Waals surface area contributed by atoms with Gasteiger partial charge in [-0.15, -0.1) is 11.3 Å². The summed E-state index contributed by atoms with van der Waals surface area (Å²) in [6, 6.07) is 0. The molecule has 0 aliphatic rings. The topological polar surface area (TPSA) is 81.3 Å². The molecule has 0 fully saturated rings. The summed E-state index contributed by atoms with van der Waals surface area (Å²) in [6.45, 7) is 5.37. The number of aromatic amines is 1. The number of carbonyl (C=O) groups excluding carboxylic acids is 1. The third-order valence-electron chi connectivity index (χ3n) is 3.01. The Morgan fingerprint density at radius 2 is 2.15 bits per heavy atom. The standard InChI is InChI=1S/C13H16N2O4S/c1-6-8(3)20-13-10(6)12(17)14-11(15-13)7(2)19-9(16)5-18-4/h7H,5H2,1-4H3,(H,14,15,17)/t7-/m1/s1. The van der Waals surface area contributed by atoms with Gasteiger partial charge in [-0.1, -0.05) is 0 Å². The summed E-state index contributed by atoms with van der Waals surface area (Å²) in [4.78, 5) is 32.2. The Hall–Kier alpha value is -1.73. The molecule has 0 spiro atoms. The first-order valence-electron chi connectivity index (χ1n) is 6.12. The van der Waals surface area contributed by atoms with Crippen LogP contribution in [0.25, 0.3) is 10.2 Å². The molecular weight excluding hydrogens is 280 g/mol. The van der Waals surface area contributed by atoms with Crippen molar-refractivity contribution in [3.8, 4) is 0 Å². The number of esters is 1. The van der Waals surface area contributed by atoms with Gasteiger partial charge in [-0.2, -0.15) is 0 Å². The Morgan fingerprint density at radius 1 is 1.45 bits per heavy atom.